The lowest BCUT2D eigenvalue weighted by Gasteiger charge is -2.22. The molecule has 0 aromatic rings. The summed E-state index contributed by atoms with van der Waals surface area (Å²) in [4.78, 5) is 0. The average molecular weight is 487 g/mol. The molecule has 214 valence electrons. The maximum atomic E-state index is 2.36. The summed E-state index contributed by atoms with van der Waals surface area (Å²) in [5.74, 6) is 1.83. The van der Waals surface area contributed by atoms with E-state index in [9.17, 15) is 0 Å². The van der Waals surface area contributed by atoms with Gasteiger partial charge in [-0.3, -0.25) is 0 Å². The van der Waals surface area contributed by atoms with Gasteiger partial charge in [0.05, 0.1) is 0 Å². The molecule has 0 saturated carbocycles. The van der Waals surface area contributed by atoms with Crippen LogP contribution in [0.3, 0.4) is 0 Å². The number of rotatable bonds is 13. The molecule has 0 N–H and O–H groups in total. The molecule has 0 heterocycles. The Labute approximate surface area is 223 Å². The van der Waals surface area contributed by atoms with Gasteiger partial charge in [0.15, 0.2) is 0 Å². The van der Waals surface area contributed by atoms with E-state index >= 15 is 0 Å². The van der Waals surface area contributed by atoms with Crippen LogP contribution in [0, 0.1) is 22.7 Å². The second kappa shape index (κ2) is 33.0. The van der Waals surface area contributed by atoms with E-state index in [1.54, 1.807) is 0 Å². The normalized spacial score (nSPS) is 11.6. The molecule has 0 fully saturated rings. The first-order chi connectivity index (χ1) is 15.7. The Hall–Kier alpha value is 0. The van der Waals surface area contributed by atoms with Crippen LogP contribution in [0.4, 0.5) is 0 Å². The minimum atomic E-state index is 0.583. The highest BCUT2D eigenvalue weighted by Gasteiger charge is 2.13. The average Bonchev–Trinajstić information content (AvgIpc) is 2.79. The fraction of sp³-hybridized carbons (Fsp3) is 1.00. The van der Waals surface area contributed by atoms with E-state index in [2.05, 4.69) is 111 Å². The highest BCUT2D eigenvalue weighted by atomic mass is 14.2. The highest BCUT2D eigenvalue weighted by Crippen LogP contribution is 2.27. The van der Waals surface area contributed by atoms with Gasteiger partial charge in [-0.25, -0.2) is 0 Å². The molecule has 0 amide bonds. The summed E-state index contributed by atoms with van der Waals surface area (Å²) in [7, 11) is 0. The Morgan fingerprint density at radius 1 is 0.471 bits per heavy atom. The highest BCUT2D eigenvalue weighted by molar-refractivity contribution is 4.66. The molecule has 1 unspecified atom stereocenters. The predicted molar refractivity (Wildman–Crippen MR) is 167 cm³/mol. The molecule has 1 atom stereocenters. The number of unbranched alkanes of at least 4 members (excludes halogenated alkanes) is 3. The molecular formula is C34H78. The summed E-state index contributed by atoms with van der Waals surface area (Å²) in [5, 5.41) is 0. The third-order valence-corrected chi connectivity index (χ3v) is 7.02. The molecule has 0 aliphatic rings. The van der Waals surface area contributed by atoms with Crippen molar-refractivity contribution in [2.24, 2.45) is 22.7 Å². The summed E-state index contributed by atoms with van der Waals surface area (Å²) in [5.41, 5.74) is 1.18. The molecule has 0 radical (unpaired) electrons. The fourth-order valence-corrected chi connectivity index (χ4v) is 2.93. The van der Waals surface area contributed by atoms with Gasteiger partial charge in [0.1, 0.15) is 0 Å². The topological polar surface area (TPSA) is 0 Å². The van der Waals surface area contributed by atoms with Crippen LogP contribution in [0.2, 0.25) is 0 Å². The summed E-state index contributed by atoms with van der Waals surface area (Å²) in [6, 6.07) is 0. The Balaban J connectivity index is -0.000000104. The Morgan fingerprint density at radius 2 is 0.824 bits per heavy atom. The monoisotopic (exact) mass is 487 g/mol. The van der Waals surface area contributed by atoms with Crippen molar-refractivity contribution in [2.75, 3.05) is 0 Å². The first-order valence-corrected chi connectivity index (χ1v) is 15.7. The number of hydrogen-bond donors (Lipinski definition) is 0. The van der Waals surface area contributed by atoms with Crippen molar-refractivity contribution < 1.29 is 0 Å². The first kappa shape index (κ1) is 44.0. The van der Waals surface area contributed by atoms with Crippen molar-refractivity contribution in [3.05, 3.63) is 0 Å². The summed E-state index contributed by atoms with van der Waals surface area (Å²) in [6.07, 6.45) is 18.9. The zero-order valence-corrected chi connectivity index (χ0v) is 28.1. The second-order valence-electron chi connectivity index (χ2n) is 12.3. The fourth-order valence-electron chi connectivity index (χ4n) is 2.93. The molecule has 0 rings (SSSR count). The van der Waals surface area contributed by atoms with Crippen molar-refractivity contribution in [1.29, 1.82) is 0 Å². The number of hydrogen-bond acceptors (Lipinski definition) is 0. The molecule has 0 heteroatoms. The smallest absolute Gasteiger partial charge is 0.0354 e. The molecule has 0 spiro atoms. The van der Waals surface area contributed by atoms with Crippen molar-refractivity contribution in [1.82, 2.24) is 0 Å². The van der Waals surface area contributed by atoms with Gasteiger partial charge in [-0.15, -0.1) is 0 Å². The van der Waals surface area contributed by atoms with Crippen LogP contribution < -0.4 is 0 Å². The SMILES string of the molecule is CCC(C)(C)CC.CCC(C)C.CCCC(C)(C)CCC.CCCC(C)CC.CCCCCC. The third-order valence-electron chi connectivity index (χ3n) is 7.02. The zero-order chi connectivity index (χ0) is 28.1. The predicted octanol–water partition coefficient (Wildman–Crippen LogP) is 13.9. The van der Waals surface area contributed by atoms with Crippen molar-refractivity contribution in [3.63, 3.8) is 0 Å². The largest absolute Gasteiger partial charge is 0.0654 e. The van der Waals surface area contributed by atoms with Crippen LogP contribution in [0.5, 0.6) is 0 Å². The molecule has 0 saturated heterocycles. The Bertz CT molecular complexity index is 292. The van der Waals surface area contributed by atoms with E-state index in [1.165, 1.54) is 89.9 Å². The quantitative estimate of drug-likeness (QED) is 0.227. The van der Waals surface area contributed by atoms with Crippen molar-refractivity contribution in [2.45, 2.75) is 201 Å². The first-order valence-electron chi connectivity index (χ1n) is 15.7. The lowest BCUT2D eigenvalue weighted by atomic mass is 9.84. The van der Waals surface area contributed by atoms with Gasteiger partial charge in [0, 0.05) is 0 Å². The summed E-state index contributed by atoms with van der Waals surface area (Å²) < 4.78 is 0. The zero-order valence-electron chi connectivity index (χ0n) is 28.1. The summed E-state index contributed by atoms with van der Waals surface area (Å²) in [6.45, 7) is 36.2. The molecule has 0 aliphatic carbocycles. The van der Waals surface area contributed by atoms with E-state index in [0.29, 0.717) is 10.8 Å². The van der Waals surface area contributed by atoms with Gasteiger partial charge in [-0.05, 0) is 35.5 Å². The minimum absolute atomic E-state index is 0.583. The summed E-state index contributed by atoms with van der Waals surface area (Å²) >= 11 is 0. The van der Waals surface area contributed by atoms with Crippen LogP contribution in [-0.4, -0.2) is 0 Å². The van der Waals surface area contributed by atoms with E-state index in [0.717, 1.165) is 11.8 Å². The second-order valence-corrected chi connectivity index (χ2v) is 12.3. The standard InChI is InChI=1S/C9H20.2C7H16.C6H14.C5H12/c1-5-7-9(3,4)8-6-2;1-5-7(3,4)6-2;1-4-6-7(3)5-2;1-3-5-6-4-2;1-4-5(2)3/h5-8H2,1-4H3;5-6H2,1-4H3;7H,4-6H2,1-3H3;3-6H2,1-2H3;5H,4H2,1-3H3. The molecule has 0 aliphatic heterocycles. The van der Waals surface area contributed by atoms with Gasteiger partial charge in [0.2, 0.25) is 0 Å². The molecule has 0 nitrogen and oxygen atoms in total. The molecule has 0 bridgehead atoms. The maximum absolute atomic E-state index is 2.36. The molecular weight excluding hydrogens is 408 g/mol. The van der Waals surface area contributed by atoms with E-state index in [-0.39, 0.29) is 0 Å². The third kappa shape index (κ3) is 53.4. The minimum Gasteiger partial charge on any atom is -0.0654 e. The van der Waals surface area contributed by atoms with Crippen molar-refractivity contribution >= 4 is 0 Å². The molecule has 34 heavy (non-hydrogen) atoms. The van der Waals surface area contributed by atoms with Crippen LogP contribution in [0.15, 0.2) is 0 Å². The lowest BCUT2D eigenvalue weighted by molar-refractivity contribution is 0.301. The van der Waals surface area contributed by atoms with Gasteiger partial charge in [0.25, 0.3) is 0 Å². The Kier molecular flexibility index (Phi) is 42.7. The lowest BCUT2D eigenvalue weighted by Crippen LogP contribution is -2.09. The van der Waals surface area contributed by atoms with E-state index in [4.69, 9.17) is 0 Å². The molecule has 0 aromatic carbocycles. The van der Waals surface area contributed by atoms with Gasteiger partial charge in [-0.1, -0.05) is 188 Å². The van der Waals surface area contributed by atoms with E-state index < -0.39 is 0 Å². The van der Waals surface area contributed by atoms with Gasteiger partial charge in [-0.2, -0.15) is 0 Å². The van der Waals surface area contributed by atoms with E-state index in [1.807, 2.05) is 0 Å². The Morgan fingerprint density at radius 3 is 0.941 bits per heavy atom. The molecule has 0 aromatic heterocycles. The van der Waals surface area contributed by atoms with Gasteiger partial charge < -0.3 is 0 Å². The van der Waals surface area contributed by atoms with Crippen molar-refractivity contribution in [3.8, 4) is 0 Å². The maximum Gasteiger partial charge on any atom is -0.0354 e. The van der Waals surface area contributed by atoms with Crippen LogP contribution in [0.1, 0.15) is 201 Å². The van der Waals surface area contributed by atoms with Gasteiger partial charge >= 0.3 is 0 Å². The van der Waals surface area contributed by atoms with Crippen LogP contribution >= 0.6 is 0 Å². The van der Waals surface area contributed by atoms with Crippen LogP contribution in [0.25, 0.3) is 0 Å². The van der Waals surface area contributed by atoms with Crippen LogP contribution in [-0.2, 0) is 0 Å².